The lowest BCUT2D eigenvalue weighted by atomic mass is 10.3. The molecule has 0 aliphatic heterocycles. The summed E-state index contributed by atoms with van der Waals surface area (Å²) in [5, 5.41) is 37.5. The molecular formula is C28H16N8O2S4. The van der Waals surface area contributed by atoms with Gasteiger partial charge in [0.25, 0.3) is 0 Å². The molecule has 0 aliphatic carbocycles. The van der Waals surface area contributed by atoms with Crippen LogP contribution in [0.5, 0.6) is 11.5 Å². The Hall–Kier alpha value is -4.96. The lowest BCUT2D eigenvalue weighted by Gasteiger charge is -2.05. The lowest BCUT2D eigenvalue weighted by Crippen LogP contribution is -1.91. The number of methoxy groups -OCH3 is 2. The molecule has 6 rings (SSSR count). The Morgan fingerprint density at radius 3 is 1.36 bits per heavy atom. The van der Waals surface area contributed by atoms with E-state index in [9.17, 15) is 0 Å². The van der Waals surface area contributed by atoms with E-state index in [1.807, 2.05) is 14.1 Å². The first-order chi connectivity index (χ1) is 20.3. The molecule has 0 spiro atoms. The maximum atomic E-state index is 9.11. The van der Waals surface area contributed by atoms with Gasteiger partial charge in [0.15, 0.2) is 0 Å². The summed E-state index contributed by atoms with van der Waals surface area (Å²) in [6.45, 7) is 0. The van der Waals surface area contributed by atoms with Gasteiger partial charge < -0.3 is 18.6 Å². The smallest absolute Gasteiger partial charge is 0.219 e. The summed E-state index contributed by atoms with van der Waals surface area (Å²) in [5.74, 6) is 1.26. The fourth-order valence-electron chi connectivity index (χ4n) is 4.76. The highest BCUT2D eigenvalue weighted by Gasteiger charge is 2.25. The van der Waals surface area contributed by atoms with Crippen LogP contribution in [0.3, 0.4) is 0 Å². The van der Waals surface area contributed by atoms with Crippen molar-refractivity contribution < 1.29 is 9.47 Å². The van der Waals surface area contributed by atoms with Crippen LogP contribution < -0.4 is 9.47 Å². The number of nitrogens with zero attached hydrogens (tertiary/aromatic N) is 8. The molecule has 14 heteroatoms. The summed E-state index contributed by atoms with van der Waals surface area (Å²) >= 11 is 6.17. The van der Waals surface area contributed by atoms with Crippen LogP contribution in [0.1, 0.15) is 0 Å². The van der Waals surface area contributed by atoms with Crippen LogP contribution in [-0.4, -0.2) is 34.8 Å². The molecule has 0 aliphatic rings. The van der Waals surface area contributed by atoms with Crippen molar-refractivity contribution in [3.63, 3.8) is 0 Å². The Labute approximate surface area is 254 Å². The largest absolute Gasteiger partial charge is 0.495 e. The predicted octanol–water partition coefficient (Wildman–Crippen LogP) is 7.66. The van der Waals surface area contributed by atoms with E-state index >= 15 is 0 Å². The Morgan fingerprint density at radius 1 is 0.643 bits per heavy atom. The van der Waals surface area contributed by atoms with Gasteiger partial charge in [0.2, 0.25) is 11.4 Å². The third kappa shape index (κ3) is 4.14. The molecule has 0 atom stereocenters. The summed E-state index contributed by atoms with van der Waals surface area (Å²) in [5.41, 5.74) is 3.75. The molecule has 204 valence electrons. The molecule has 0 saturated heterocycles. The molecule has 6 heterocycles. The minimum absolute atomic E-state index is 0.206. The Balaban J connectivity index is 1.47. The summed E-state index contributed by atoms with van der Waals surface area (Å²) in [7, 11) is 7.22. The topological polar surface area (TPSA) is 148 Å². The maximum Gasteiger partial charge on any atom is 0.219 e. The summed E-state index contributed by atoms with van der Waals surface area (Å²) in [6, 6.07) is 14.9. The van der Waals surface area contributed by atoms with Crippen molar-refractivity contribution in [2.75, 3.05) is 14.2 Å². The van der Waals surface area contributed by atoms with Crippen LogP contribution in [0.4, 0.5) is 10.0 Å². The maximum absolute atomic E-state index is 9.11. The average molecular weight is 625 g/mol. The number of rotatable bonds is 6. The molecule has 6 aromatic heterocycles. The molecule has 0 amide bonds. The second kappa shape index (κ2) is 10.5. The molecule has 0 unspecified atom stereocenters. The first-order valence-corrected chi connectivity index (χ1v) is 15.3. The Kier molecular flexibility index (Phi) is 6.78. The monoisotopic (exact) mass is 624 g/mol. The van der Waals surface area contributed by atoms with Gasteiger partial charge >= 0.3 is 0 Å². The number of aromatic nitrogens is 2. The minimum Gasteiger partial charge on any atom is -0.495 e. The van der Waals surface area contributed by atoms with Gasteiger partial charge in [-0.2, -0.15) is 21.0 Å². The number of aryl methyl sites for hydroxylation is 2. The minimum atomic E-state index is -0.206. The van der Waals surface area contributed by atoms with Gasteiger partial charge in [-0.05, 0) is 12.1 Å². The van der Waals surface area contributed by atoms with E-state index in [1.165, 1.54) is 32.1 Å². The molecule has 0 aromatic carbocycles. The fourth-order valence-corrected chi connectivity index (χ4v) is 9.77. The van der Waals surface area contributed by atoms with Crippen LogP contribution in [0.2, 0.25) is 0 Å². The standard InChI is InChI=1S/C28H16N8O2S4/c1-35-15(25-17(37-3)7-21(41-25)33-13(9-29)10-30)5-19-23(35)27-28(39-19)24-20(40-27)6-16(36(24)2)26-18(38-4)8-22(42-26)34-14(11-31)12-32/h5-8H,1-4H3. The highest BCUT2D eigenvalue weighted by Crippen LogP contribution is 2.51. The number of aliphatic imine (C=N–C) groups is 2. The molecule has 0 bridgehead atoms. The van der Waals surface area contributed by atoms with Crippen molar-refractivity contribution in [3.05, 3.63) is 24.3 Å². The van der Waals surface area contributed by atoms with Gasteiger partial charge in [-0.3, -0.25) is 0 Å². The van der Waals surface area contributed by atoms with Crippen molar-refractivity contribution in [2.24, 2.45) is 24.1 Å². The van der Waals surface area contributed by atoms with E-state index in [0.29, 0.717) is 21.5 Å². The second-order valence-corrected chi connectivity index (χ2v) is 13.0. The van der Waals surface area contributed by atoms with E-state index in [1.54, 1.807) is 73.3 Å². The number of fused-ring (bicyclic) bond motifs is 5. The van der Waals surface area contributed by atoms with Gasteiger partial charge in [0.05, 0.1) is 65.2 Å². The van der Waals surface area contributed by atoms with E-state index in [0.717, 1.165) is 41.6 Å². The predicted molar refractivity (Wildman–Crippen MR) is 169 cm³/mol. The SMILES string of the molecule is COc1cc(N=C(C#N)C#N)sc1-c1cc2sc3c(sc4cc(-c5sc(N=C(C#N)C#N)cc5OC)n(C)c43)c2n1C. The number of hydrogen-bond acceptors (Lipinski definition) is 12. The summed E-state index contributed by atoms with van der Waals surface area (Å²) in [4.78, 5) is 10.0. The molecule has 10 nitrogen and oxygen atoms in total. The lowest BCUT2D eigenvalue weighted by molar-refractivity contribution is 0.418. The first kappa shape index (κ1) is 27.2. The van der Waals surface area contributed by atoms with Crippen molar-refractivity contribution >= 4 is 96.6 Å². The third-order valence-electron chi connectivity index (χ3n) is 6.60. The highest BCUT2D eigenvalue weighted by molar-refractivity contribution is 7.36. The van der Waals surface area contributed by atoms with Crippen LogP contribution in [0.25, 0.3) is 51.0 Å². The highest BCUT2D eigenvalue weighted by atomic mass is 32.1. The van der Waals surface area contributed by atoms with Crippen molar-refractivity contribution in [3.8, 4) is 56.9 Å². The molecule has 0 saturated carbocycles. The molecule has 0 radical (unpaired) electrons. The molecule has 0 N–H and O–H groups in total. The van der Waals surface area contributed by atoms with E-state index < -0.39 is 0 Å². The van der Waals surface area contributed by atoms with Gasteiger partial charge in [0, 0.05) is 26.2 Å². The van der Waals surface area contributed by atoms with Crippen molar-refractivity contribution in [2.45, 2.75) is 0 Å². The molecule has 6 aromatic rings. The second-order valence-electron chi connectivity index (χ2n) is 8.80. The first-order valence-electron chi connectivity index (χ1n) is 12.0. The van der Waals surface area contributed by atoms with Crippen LogP contribution in [0, 0.1) is 45.3 Å². The van der Waals surface area contributed by atoms with Crippen molar-refractivity contribution in [1.29, 1.82) is 21.0 Å². The quantitative estimate of drug-likeness (QED) is 0.174. The zero-order valence-corrected chi connectivity index (χ0v) is 25.6. The van der Waals surface area contributed by atoms with Crippen molar-refractivity contribution in [1.82, 2.24) is 9.13 Å². The van der Waals surface area contributed by atoms with E-state index in [4.69, 9.17) is 30.5 Å². The number of thiophene rings is 4. The van der Waals surface area contributed by atoms with Gasteiger partial charge in [-0.25, -0.2) is 9.98 Å². The van der Waals surface area contributed by atoms with E-state index in [-0.39, 0.29) is 11.4 Å². The van der Waals surface area contributed by atoms with Gasteiger partial charge in [0.1, 0.15) is 45.8 Å². The van der Waals surface area contributed by atoms with Crippen LogP contribution in [-0.2, 0) is 14.1 Å². The fraction of sp³-hybridized carbons (Fsp3) is 0.143. The number of ether oxygens (including phenoxy) is 2. The molecule has 0 fully saturated rings. The summed E-state index contributed by atoms with van der Waals surface area (Å²) in [6.07, 6.45) is 0. The normalized spacial score (nSPS) is 10.8. The third-order valence-corrected chi connectivity index (χ3v) is 11.1. The zero-order valence-electron chi connectivity index (χ0n) is 22.3. The number of hydrogen-bond donors (Lipinski definition) is 0. The molecular weight excluding hydrogens is 609 g/mol. The average Bonchev–Trinajstić information content (AvgIpc) is 3.82. The molecule has 42 heavy (non-hydrogen) atoms. The number of nitriles is 4. The zero-order chi connectivity index (χ0) is 29.7. The Morgan fingerprint density at radius 2 is 1.02 bits per heavy atom. The van der Waals surface area contributed by atoms with Gasteiger partial charge in [-0.1, -0.05) is 0 Å². The van der Waals surface area contributed by atoms with E-state index in [2.05, 4.69) is 31.3 Å². The summed E-state index contributed by atoms with van der Waals surface area (Å²) < 4.78 is 20.1. The van der Waals surface area contributed by atoms with Crippen LogP contribution in [0.15, 0.2) is 34.3 Å². The van der Waals surface area contributed by atoms with Gasteiger partial charge in [-0.15, -0.1) is 45.3 Å². The Bertz CT molecular complexity index is 2110. The van der Waals surface area contributed by atoms with Crippen LogP contribution >= 0.6 is 45.3 Å².